The van der Waals surface area contributed by atoms with E-state index < -0.39 is 0 Å². The van der Waals surface area contributed by atoms with Crippen molar-refractivity contribution in [1.82, 2.24) is 0 Å². The molecular formula is C19H11Br2N3O2. The van der Waals surface area contributed by atoms with Crippen LogP contribution in [0.2, 0.25) is 0 Å². The van der Waals surface area contributed by atoms with Crippen LogP contribution >= 0.6 is 31.9 Å². The van der Waals surface area contributed by atoms with Crippen molar-refractivity contribution in [3.8, 4) is 11.3 Å². The number of benzene rings is 2. The molecule has 1 aromatic heterocycles. The third kappa shape index (κ3) is 3.40. The van der Waals surface area contributed by atoms with Crippen molar-refractivity contribution in [3.63, 3.8) is 0 Å². The molecule has 2 heterocycles. The largest absolute Gasteiger partial charge is 0.455 e. The fourth-order valence-electron chi connectivity index (χ4n) is 2.59. The Labute approximate surface area is 166 Å². The Morgan fingerprint density at radius 2 is 1.85 bits per heavy atom. The fourth-order valence-corrected chi connectivity index (χ4v) is 3.35. The van der Waals surface area contributed by atoms with Crippen LogP contribution in [0.15, 0.2) is 78.2 Å². The summed E-state index contributed by atoms with van der Waals surface area (Å²) in [4.78, 5) is 12.0. The van der Waals surface area contributed by atoms with Gasteiger partial charge in [0.2, 0.25) is 0 Å². The molecule has 0 aliphatic carbocycles. The lowest BCUT2D eigenvalue weighted by Crippen LogP contribution is -2.13. The van der Waals surface area contributed by atoms with Gasteiger partial charge in [0, 0.05) is 20.1 Å². The lowest BCUT2D eigenvalue weighted by Gasteiger charge is -1.97. The summed E-state index contributed by atoms with van der Waals surface area (Å²) < 4.78 is 7.60. The summed E-state index contributed by atoms with van der Waals surface area (Å²) in [5.41, 5.74) is 2.67. The number of fused-ring (bicyclic) bond motifs is 1. The van der Waals surface area contributed by atoms with E-state index in [2.05, 4.69) is 47.4 Å². The van der Waals surface area contributed by atoms with E-state index in [1.165, 1.54) is 6.21 Å². The molecule has 0 unspecified atom stereocenters. The third-order valence-corrected chi connectivity index (χ3v) is 4.77. The highest BCUT2D eigenvalue weighted by Gasteiger charge is 2.26. The molecule has 128 valence electrons. The highest BCUT2D eigenvalue weighted by atomic mass is 79.9. The zero-order chi connectivity index (χ0) is 18.1. The average Bonchev–Trinajstić information content (AvgIpc) is 3.20. The SMILES string of the molecule is O=C1Nc2ccc(Br)cc2/C1=N\N=C\c1ccc(-c2cccc(Br)c2)o1. The van der Waals surface area contributed by atoms with Crippen LogP contribution in [0, 0.1) is 0 Å². The number of hydrogen-bond donors (Lipinski definition) is 1. The minimum Gasteiger partial charge on any atom is -0.455 e. The third-order valence-electron chi connectivity index (χ3n) is 3.78. The zero-order valence-electron chi connectivity index (χ0n) is 13.2. The van der Waals surface area contributed by atoms with Crippen molar-refractivity contribution in [2.45, 2.75) is 0 Å². The maximum atomic E-state index is 12.0. The van der Waals surface area contributed by atoms with E-state index in [-0.39, 0.29) is 11.6 Å². The molecule has 0 spiro atoms. The van der Waals surface area contributed by atoms with Gasteiger partial charge in [0.1, 0.15) is 11.5 Å². The molecule has 0 fully saturated rings. The van der Waals surface area contributed by atoms with Gasteiger partial charge in [-0.1, -0.05) is 44.0 Å². The molecule has 4 rings (SSSR count). The summed E-state index contributed by atoms with van der Waals surface area (Å²) >= 11 is 6.84. The molecule has 0 atom stereocenters. The van der Waals surface area contributed by atoms with Crippen molar-refractivity contribution in [3.05, 3.63) is 74.9 Å². The Morgan fingerprint density at radius 3 is 2.69 bits per heavy atom. The van der Waals surface area contributed by atoms with Gasteiger partial charge < -0.3 is 9.73 Å². The van der Waals surface area contributed by atoms with Crippen LogP contribution in [0.4, 0.5) is 5.69 Å². The Hall–Kier alpha value is -2.51. The van der Waals surface area contributed by atoms with E-state index in [4.69, 9.17) is 4.42 Å². The highest BCUT2D eigenvalue weighted by molar-refractivity contribution is 9.10. The van der Waals surface area contributed by atoms with E-state index >= 15 is 0 Å². The van der Waals surface area contributed by atoms with Crippen molar-refractivity contribution in [2.75, 3.05) is 5.32 Å². The molecule has 0 saturated heterocycles. The Kier molecular flexibility index (Phi) is 4.57. The Morgan fingerprint density at radius 1 is 1.00 bits per heavy atom. The van der Waals surface area contributed by atoms with Crippen LogP contribution in [0.3, 0.4) is 0 Å². The van der Waals surface area contributed by atoms with Crippen LogP contribution in [0.5, 0.6) is 0 Å². The summed E-state index contributed by atoms with van der Waals surface area (Å²) in [6, 6.07) is 17.0. The Bertz CT molecular complexity index is 1070. The molecule has 1 N–H and O–H groups in total. The number of halogens is 2. The lowest BCUT2D eigenvalue weighted by atomic mass is 10.1. The second-order valence-electron chi connectivity index (χ2n) is 5.55. The summed E-state index contributed by atoms with van der Waals surface area (Å²) in [7, 11) is 0. The molecule has 2 aromatic carbocycles. The average molecular weight is 473 g/mol. The van der Waals surface area contributed by atoms with Gasteiger partial charge in [0.05, 0.1) is 11.9 Å². The number of amides is 1. The van der Waals surface area contributed by atoms with Gasteiger partial charge in [0.25, 0.3) is 5.91 Å². The van der Waals surface area contributed by atoms with Crippen LogP contribution in [0.1, 0.15) is 11.3 Å². The Balaban J connectivity index is 1.57. The molecule has 1 aliphatic rings. The second kappa shape index (κ2) is 7.01. The van der Waals surface area contributed by atoms with Crippen LogP contribution in [0.25, 0.3) is 11.3 Å². The van der Waals surface area contributed by atoms with Gasteiger partial charge in [-0.25, -0.2) is 0 Å². The number of carbonyl (C=O) groups excluding carboxylic acids is 1. The van der Waals surface area contributed by atoms with Gasteiger partial charge in [-0.3, -0.25) is 4.79 Å². The number of rotatable bonds is 3. The molecule has 1 aliphatic heterocycles. The van der Waals surface area contributed by atoms with Crippen LogP contribution in [-0.2, 0) is 4.79 Å². The number of anilines is 1. The highest BCUT2D eigenvalue weighted by Crippen LogP contribution is 2.27. The van der Waals surface area contributed by atoms with Gasteiger partial charge in [-0.2, -0.15) is 5.10 Å². The van der Waals surface area contributed by atoms with Gasteiger partial charge >= 0.3 is 0 Å². The summed E-state index contributed by atoms with van der Waals surface area (Å²) in [6.45, 7) is 0. The monoisotopic (exact) mass is 471 g/mol. The normalized spacial score (nSPS) is 14.8. The maximum Gasteiger partial charge on any atom is 0.276 e. The fraction of sp³-hybridized carbons (Fsp3) is 0. The summed E-state index contributed by atoms with van der Waals surface area (Å²) in [5, 5.41) is 10.8. The minimum absolute atomic E-state index is 0.274. The van der Waals surface area contributed by atoms with Gasteiger partial charge in [0.15, 0.2) is 5.71 Å². The van der Waals surface area contributed by atoms with E-state index in [1.54, 1.807) is 6.07 Å². The van der Waals surface area contributed by atoms with Crippen molar-refractivity contribution < 1.29 is 9.21 Å². The first-order valence-corrected chi connectivity index (χ1v) is 9.27. The molecular weight excluding hydrogens is 462 g/mol. The van der Waals surface area contributed by atoms with Crippen molar-refractivity contribution >= 4 is 55.4 Å². The number of hydrogen-bond acceptors (Lipinski definition) is 4. The number of nitrogens with zero attached hydrogens (tertiary/aromatic N) is 2. The summed E-state index contributed by atoms with van der Waals surface area (Å²) in [5.74, 6) is 1.01. The smallest absolute Gasteiger partial charge is 0.276 e. The zero-order valence-corrected chi connectivity index (χ0v) is 16.4. The van der Waals surface area contributed by atoms with E-state index in [0.29, 0.717) is 5.76 Å². The molecule has 5 nitrogen and oxygen atoms in total. The van der Waals surface area contributed by atoms with Crippen molar-refractivity contribution in [1.29, 1.82) is 0 Å². The predicted molar refractivity (Wildman–Crippen MR) is 109 cm³/mol. The molecule has 7 heteroatoms. The number of furan rings is 1. The first-order valence-electron chi connectivity index (χ1n) is 7.68. The quantitative estimate of drug-likeness (QED) is 0.418. The molecule has 26 heavy (non-hydrogen) atoms. The number of nitrogens with one attached hydrogen (secondary N) is 1. The van der Waals surface area contributed by atoms with Crippen LogP contribution in [-0.4, -0.2) is 17.8 Å². The first kappa shape index (κ1) is 16.9. The first-order chi connectivity index (χ1) is 12.6. The molecule has 0 bridgehead atoms. The van der Waals surface area contributed by atoms with Crippen molar-refractivity contribution in [2.24, 2.45) is 10.2 Å². The maximum absolute atomic E-state index is 12.0. The number of carbonyl (C=O) groups is 1. The molecule has 0 saturated carbocycles. The second-order valence-corrected chi connectivity index (χ2v) is 7.38. The van der Waals surface area contributed by atoms with Gasteiger partial charge in [-0.15, -0.1) is 5.10 Å². The lowest BCUT2D eigenvalue weighted by molar-refractivity contribution is -0.110. The molecule has 3 aromatic rings. The molecule has 1 amide bonds. The summed E-state index contributed by atoms with van der Waals surface area (Å²) in [6.07, 6.45) is 1.48. The topological polar surface area (TPSA) is 67.0 Å². The van der Waals surface area contributed by atoms with Crippen LogP contribution < -0.4 is 5.32 Å². The minimum atomic E-state index is -0.274. The van der Waals surface area contributed by atoms with E-state index in [1.807, 2.05) is 48.5 Å². The standard InChI is InChI=1S/C19H11Br2N3O2/c20-12-3-1-2-11(8-12)17-7-5-14(26-17)10-22-24-18-15-9-13(21)4-6-16(15)23-19(18)25/h1-10H,(H,23,24,25)/b22-10+. The van der Waals surface area contributed by atoms with E-state index in [0.717, 1.165) is 31.5 Å². The molecule has 0 radical (unpaired) electrons. The van der Waals surface area contributed by atoms with Gasteiger partial charge in [-0.05, 0) is 42.5 Å². The predicted octanol–water partition coefficient (Wildman–Crippen LogP) is 5.25. The van der Waals surface area contributed by atoms with E-state index in [9.17, 15) is 4.79 Å².